The third-order valence-corrected chi connectivity index (χ3v) is 3.64. The Morgan fingerprint density at radius 3 is 2.25 bits per heavy atom. The van der Waals surface area contributed by atoms with Crippen LogP contribution >= 0.6 is 0 Å². The summed E-state index contributed by atoms with van der Waals surface area (Å²) in [7, 11) is 11.7. The van der Waals surface area contributed by atoms with E-state index in [9.17, 15) is 0 Å². The molecule has 2 rings (SSSR count). The van der Waals surface area contributed by atoms with E-state index in [1.165, 1.54) is 32.1 Å². The summed E-state index contributed by atoms with van der Waals surface area (Å²) in [6, 6.07) is 0. The molecule has 62 valence electrons. The van der Waals surface area contributed by atoms with Gasteiger partial charge in [-0.15, -0.1) is 5.21 Å². The summed E-state index contributed by atoms with van der Waals surface area (Å²) in [6.45, 7) is 1.95. The Labute approximate surface area is 78.3 Å². The highest BCUT2D eigenvalue weighted by molar-refractivity contribution is 6.39. The summed E-state index contributed by atoms with van der Waals surface area (Å²) in [5, 5.41) is -0.445. The number of hydrogen-bond donors (Lipinski definition) is 0. The molecule has 0 aromatic carbocycles. The molecule has 2 aliphatic carbocycles. The minimum atomic E-state index is -0.445. The van der Waals surface area contributed by atoms with E-state index in [4.69, 9.17) is 15.7 Å². The van der Waals surface area contributed by atoms with Gasteiger partial charge in [-0.05, 0) is 43.4 Å². The van der Waals surface area contributed by atoms with Crippen LogP contribution in [0.2, 0.25) is 5.21 Å². The maximum Gasteiger partial charge on any atom is 0.0617 e. The summed E-state index contributed by atoms with van der Waals surface area (Å²) < 4.78 is 0. The van der Waals surface area contributed by atoms with E-state index in [0.29, 0.717) is 5.41 Å². The van der Waals surface area contributed by atoms with Crippen molar-refractivity contribution in [2.45, 2.75) is 50.7 Å². The van der Waals surface area contributed by atoms with Gasteiger partial charge in [0.25, 0.3) is 0 Å². The second kappa shape index (κ2) is 2.56. The predicted octanol–water partition coefficient (Wildman–Crippen LogP) is 2.43. The average molecular weight is 158 g/mol. The quantitative estimate of drug-likeness (QED) is 0.541. The molecule has 0 saturated heterocycles. The Balaban J connectivity index is 2.03. The minimum Gasteiger partial charge on any atom is -0.101 e. The second-order valence-electron chi connectivity index (χ2n) is 5.33. The molecule has 12 heavy (non-hydrogen) atoms. The van der Waals surface area contributed by atoms with Crippen LogP contribution in [0.4, 0.5) is 0 Å². The molecule has 0 aromatic rings. The zero-order valence-corrected chi connectivity index (χ0v) is 7.97. The summed E-state index contributed by atoms with van der Waals surface area (Å²) in [5.41, 5.74) is 0.545. The fourth-order valence-electron chi connectivity index (χ4n) is 3.37. The van der Waals surface area contributed by atoms with Crippen molar-refractivity contribution < 1.29 is 0 Å². The molecule has 0 aliphatic heterocycles. The highest BCUT2D eigenvalue weighted by Crippen LogP contribution is 2.58. The van der Waals surface area contributed by atoms with Crippen LogP contribution in [0, 0.1) is 11.3 Å². The first-order chi connectivity index (χ1) is 5.49. The zero-order valence-electron chi connectivity index (χ0n) is 7.97. The summed E-state index contributed by atoms with van der Waals surface area (Å²) in [4.78, 5) is 0. The highest BCUT2D eigenvalue weighted by Gasteiger charge is 2.45. The number of rotatable bonds is 2. The molecule has 0 N–H and O–H groups in total. The lowest BCUT2D eigenvalue weighted by Gasteiger charge is -2.34. The van der Waals surface area contributed by atoms with Crippen molar-refractivity contribution in [1.29, 1.82) is 0 Å². The van der Waals surface area contributed by atoms with Gasteiger partial charge in [0.2, 0.25) is 0 Å². The van der Waals surface area contributed by atoms with E-state index in [0.717, 1.165) is 12.3 Å². The van der Waals surface area contributed by atoms with Crippen molar-refractivity contribution in [2.75, 3.05) is 0 Å². The maximum atomic E-state index is 5.87. The van der Waals surface area contributed by atoms with Crippen LogP contribution in [0.5, 0.6) is 0 Å². The highest BCUT2D eigenvalue weighted by atomic mass is 14.5. The molecule has 0 aromatic heterocycles. The Morgan fingerprint density at radius 1 is 1.33 bits per heavy atom. The average Bonchev–Trinajstić information content (AvgIpc) is 2.40. The van der Waals surface area contributed by atoms with Crippen molar-refractivity contribution in [3.63, 3.8) is 0 Å². The van der Waals surface area contributed by atoms with Gasteiger partial charge in [0.1, 0.15) is 0 Å². The summed E-state index contributed by atoms with van der Waals surface area (Å²) in [6.07, 6.45) is 8.03. The van der Waals surface area contributed by atoms with Crippen molar-refractivity contribution in [3.8, 4) is 0 Å². The summed E-state index contributed by atoms with van der Waals surface area (Å²) >= 11 is 0. The van der Waals surface area contributed by atoms with Crippen LogP contribution < -0.4 is 0 Å². The van der Waals surface area contributed by atoms with E-state index in [1.54, 1.807) is 0 Å². The topological polar surface area (TPSA) is 0 Å². The lowest BCUT2D eigenvalue weighted by atomic mass is 9.50. The van der Waals surface area contributed by atoms with E-state index in [2.05, 4.69) is 0 Å². The molecule has 2 saturated carbocycles. The predicted molar refractivity (Wildman–Crippen MR) is 53.5 cm³/mol. The van der Waals surface area contributed by atoms with Gasteiger partial charge in [-0.25, -0.2) is 0 Å². The molecular formula is C10H16B2. The second-order valence-corrected chi connectivity index (χ2v) is 5.33. The molecule has 0 atom stereocenters. The third-order valence-electron chi connectivity index (χ3n) is 3.64. The molecule has 0 amide bonds. The van der Waals surface area contributed by atoms with Crippen molar-refractivity contribution in [1.82, 2.24) is 0 Å². The number of fused-ring (bicyclic) bond motifs is 2. The molecule has 4 radical (unpaired) electrons. The number of hydrogen-bond acceptors (Lipinski definition) is 0. The first kappa shape index (κ1) is 8.72. The van der Waals surface area contributed by atoms with Crippen LogP contribution in [0.3, 0.4) is 0 Å². The van der Waals surface area contributed by atoms with Gasteiger partial charge in [0, 0.05) is 0 Å². The van der Waals surface area contributed by atoms with Crippen molar-refractivity contribution in [3.05, 3.63) is 0 Å². The lowest BCUT2D eigenvalue weighted by molar-refractivity contribution is 0.260. The normalized spacial score (nSPS) is 40.6. The van der Waals surface area contributed by atoms with Crippen LogP contribution in [0.15, 0.2) is 0 Å². The Hall–Kier alpha value is 0.130. The van der Waals surface area contributed by atoms with Crippen molar-refractivity contribution in [2.24, 2.45) is 11.3 Å². The first-order valence-corrected chi connectivity index (χ1v) is 5.07. The van der Waals surface area contributed by atoms with Crippen LogP contribution in [-0.2, 0) is 0 Å². The van der Waals surface area contributed by atoms with E-state index in [1.807, 2.05) is 6.92 Å². The van der Waals surface area contributed by atoms with E-state index >= 15 is 0 Å². The first-order valence-electron chi connectivity index (χ1n) is 5.07. The molecule has 2 bridgehead atoms. The van der Waals surface area contributed by atoms with Gasteiger partial charge in [-0.1, -0.05) is 13.3 Å². The van der Waals surface area contributed by atoms with Crippen LogP contribution in [-0.4, -0.2) is 15.7 Å². The van der Waals surface area contributed by atoms with E-state index < -0.39 is 5.21 Å². The molecule has 2 fully saturated rings. The van der Waals surface area contributed by atoms with Gasteiger partial charge in [-0.3, -0.25) is 0 Å². The Morgan fingerprint density at radius 2 is 1.92 bits per heavy atom. The molecule has 2 heteroatoms. The van der Waals surface area contributed by atoms with Crippen LogP contribution in [0.1, 0.15) is 45.4 Å². The van der Waals surface area contributed by atoms with Gasteiger partial charge in [0.15, 0.2) is 0 Å². The smallest absolute Gasteiger partial charge is 0.0617 e. The Bertz CT molecular complexity index is 173. The molecule has 0 unspecified atom stereocenters. The fraction of sp³-hybridized carbons (Fsp3) is 1.00. The van der Waals surface area contributed by atoms with Gasteiger partial charge in [-0.2, -0.15) is 0 Å². The standard InChI is InChI=1S/C10H16B2/c1-9(11,12)7-10-4-2-8(6-10)3-5-10/h8H,2-7H2,1H3. The molecule has 2 aliphatic rings. The monoisotopic (exact) mass is 158 g/mol. The van der Waals surface area contributed by atoms with E-state index in [-0.39, 0.29) is 0 Å². The molecule has 0 heterocycles. The molecule has 0 nitrogen and oxygen atoms in total. The Kier molecular flexibility index (Phi) is 1.86. The molecule has 0 spiro atoms. The van der Waals surface area contributed by atoms with Gasteiger partial charge in [0.05, 0.1) is 15.7 Å². The third kappa shape index (κ3) is 1.58. The summed E-state index contributed by atoms with van der Waals surface area (Å²) in [5.74, 6) is 1.01. The largest absolute Gasteiger partial charge is 0.101 e. The molecular weight excluding hydrogens is 142 g/mol. The van der Waals surface area contributed by atoms with Gasteiger partial charge < -0.3 is 0 Å². The zero-order chi connectivity index (χ0) is 8.82. The minimum absolute atomic E-state index is 0.445. The fourth-order valence-corrected chi connectivity index (χ4v) is 3.37. The maximum absolute atomic E-state index is 5.87. The SMILES string of the molecule is [B]C([B])(C)CC12CCC(CC1)C2. The van der Waals surface area contributed by atoms with Crippen LogP contribution in [0.25, 0.3) is 0 Å². The van der Waals surface area contributed by atoms with Crippen molar-refractivity contribution >= 4 is 15.7 Å². The van der Waals surface area contributed by atoms with Gasteiger partial charge >= 0.3 is 0 Å². The lowest BCUT2D eigenvalue weighted by Crippen LogP contribution is -2.22.